The van der Waals surface area contributed by atoms with E-state index in [9.17, 15) is 4.39 Å². The minimum Gasteiger partial charge on any atom is -0.497 e. The van der Waals surface area contributed by atoms with Gasteiger partial charge in [0.25, 0.3) is 0 Å². The van der Waals surface area contributed by atoms with E-state index in [2.05, 4.69) is 12.2 Å². The molecule has 0 bridgehead atoms. The van der Waals surface area contributed by atoms with Crippen LogP contribution in [0.5, 0.6) is 5.75 Å². The summed E-state index contributed by atoms with van der Waals surface area (Å²) < 4.78 is 18.7. The number of benzene rings is 1. The molecule has 2 nitrogen and oxygen atoms in total. The lowest BCUT2D eigenvalue weighted by Crippen LogP contribution is -2.13. The number of allylic oxidation sites excluding steroid dienone is 1. The Bertz CT molecular complexity index is 388. The molecule has 0 aromatic heterocycles. The van der Waals surface area contributed by atoms with Crippen molar-refractivity contribution in [2.24, 2.45) is 0 Å². The van der Waals surface area contributed by atoms with Gasteiger partial charge < -0.3 is 10.1 Å². The highest BCUT2D eigenvalue weighted by molar-refractivity contribution is 5.64. The molecule has 0 aliphatic heterocycles. The molecular formula is C14H20FNO. The molecule has 0 unspecified atom stereocenters. The van der Waals surface area contributed by atoms with Crippen molar-refractivity contribution in [3.05, 3.63) is 35.7 Å². The summed E-state index contributed by atoms with van der Waals surface area (Å²) in [5.74, 6) is 0.313. The van der Waals surface area contributed by atoms with E-state index in [4.69, 9.17) is 4.74 Å². The molecule has 0 fully saturated rings. The van der Waals surface area contributed by atoms with E-state index in [1.807, 2.05) is 13.0 Å². The van der Waals surface area contributed by atoms with Gasteiger partial charge in [0.2, 0.25) is 0 Å². The van der Waals surface area contributed by atoms with Crippen molar-refractivity contribution in [3.63, 3.8) is 0 Å². The zero-order valence-electron chi connectivity index (χ0n) is 10.7. The van der Waals surface area contributed by atoms with Crippen molar-refractivity contribution in [1.82, 2.24) is 5.32 Å². The Morgan fingerprint density at radius 1 is 1.47 bits per heavy atom. The largest absolute Gasteiger partial charge is 0.497 e. The van der Waals surface area contributed by atoms with Gasteiger partial charge in [-0.3, -0.25) is 0 Å². The quantitative estimate of drug-likeness (QED) is 0.767. The van der Waals surface area contributed by atoms with Crippen LogP contribution in [-0.2, 0) is 0 Å². The number of nitrogens with one attached hydrogen (secondary N) is 1. The number of halogens is 1. The average molecular weight is 237 g/mol. The van der Waals surface area contributed by atoms with E-state index in [1.165, 1.54) is 13.2 Å². The zero-order valence-corrected chi connectivity index (χ0v) is 10.7. The maximum absolute atomic E-state index is 13.7. The highest BCUT2D eigenvalue weighted by Gasteiger charge is 2.05. The molecule has 1 aromatic carbocycles. The molecule has 0 heterocycles. The van der Waals surface area contributed by atoms with Gasteiger partial charge in [0, 0.05) is 11.6 Å². The Morgan fingerprint density at radius 3 is 2.82 bits per heavy atom. The fourth-order valence-corrected chi connectivity index (χ4v) is 1.62. The van der Waals surface area contributed by atoms with Crippen LogP contribution in [0.25, 0.3) is 5.57 Å². The van der Waals surface area contributed by atoms with Crippen molar-refractivity contribution in [2.45, 2.75) is 20.3 Å². The van der Waals surface area contributed by atoms with Gasteiger partial charge in [-0.05, 0) is 44.1 Å². The van der Waals surface area contributed by atoms with Gasteiger partial charge in [-0.15, -0.1) is 0 Å². The van der Waals surface area contributed by atoms with Crippen LogP contribution in [0.3, 0.4) is 0 Å². The lowest BCUT2D eigenvalue weighted by Gasteiger charge is -2.06. The van der Waals surface area contributed by atoms with E-state index in [-0.39, 0.29) is 5.82 Å². The van der Waals surface area contributed by atoms with E-state index in [0.29, 0.717) is 11.3 Å². The monoisotopic (exact) mass is 237 g/mol. The van der Waals surface area contributed by atoms with Crippen LogP contribution >= 0.6 is 0 Å². The number of rotatable bonds is 6. The third-order valence-corrected chi connectivity index (χ3v) is 2.62. The summed E-state index contributed by atoms with van der Waals surface area (Å²) in [7, 11) is 1.54. The van der Waals surface area contributed by atoms with E-state index in [0.717, 1.165) is 25.1 Å². The maximum atomic E-state index is 13.7. The molecule has 0 saturated carbocycles. The first-order valence-corrected chi connectivity index (χ1v) is 5.90. The van der Waals surface area contributed by atoms with Crippen LogP contribution < -0.4 is 10.1 Å². The topological polar surface area (TPSA) is 21.3 Å². The Hall–Kier alpha value is -1.35. The molecule has 0 saturated heterocycles. The molecule has 0 aliphatic carbocycles. The van der Waals surface area contributed by atoms with Gasteiger partial charge in [-0.2, -0.15) is 0 Å². The summed E-state index contributed by atoms with van der Waals surface area (Å²) in [6.07, 6.45) is 2.96. The van der Waals surface area contributed by atoms with Gasteiger partial charge in [0.15, 0.2) is 0 Å². The molecular weight excluding hydrogens is 217 g/mol. The normalized spacial score (nSPS) is 11.6. The zero-order chi connectivity index (χ0) is 12.7. The summed E-state index contributed by atoms with van der Waals surface area (Å²) in [4.78, 5) is 0. The highest BCUT2D eigenvalue weighted by Crippen LogP contribution is 2.22. The molecule has 1 N–H and O–H groups in total. The van der Waals surface area contributed by atoms with Crippen molar-refractivity contribution in [1.29, 1.82) is 0 Å². The molecule has 94 valence electrons. The molecule has 1 rings (SSSR count). The molecule has 17 heavy (non-hydrogen) atoms. The lowest BCUT2D eigenvalue weighted by atomic mass is 10.1. The molecule has 1 aromatic rings. The predicted molar refractivity (Wildman–Crippen MR) is 69.8 cm³/mol. The SMILES string of the molecule is CCNCC/C=C(/C)c1ccc(OC)cc1F. The van der Waals surface area contributed by atoms with Crippen LogP contribution in [0.1, 0.15) is 25.8 Å². The summed E-state index contributed by atoms with van der Waals surface area (Å²) in [6, 6.07) is 4.95. The molecule has 0 atom stereocenters. The van der Waals surface area contributed by atoms with Gasteiger partial charge in [-0.1, -0.05) is 13.0 Å². The smallest absolute Gasteiger partial charge is 0.134 e. The van der Waals surface area contributed by atoms with E-state index >= 15 is 0 Å². The van der Waals surface area contributed by atoms with Crippen LogP contribution in [0.4, 0.5) is 4.39 Å². The van der Waals surface area contributed by atoms with Crippen LogP contribution in [-0.4, -0.2) is 20.2 Å². The highest BCUT2D eigenvalue weighted by atomic mass is 19.1. The third kappa shape index (κ3) is 4.19. The van der Waals surface area contributed by atoms with Gasteiger partial charge >= 0.3 is 0 Å². The molecule has 3 heteroatoms. The van der Waals surface area contributed by atoms with Gasteiger partial charge in [0.1, 0.15) is 11.6 Å². The van der Waals surface area contributed by atoms with Crippen LogP contribution in [0, 0.1) is 5.82 Å². The Kier molecular flexibility index (Phi) is 5.70. The lowest BCUT2D eigenvalue weighted by molar-refractivity contribution is 0.411. The van der Waals surface area contributed by atoms with Crippen LogP contribution in [0.2, 0.25) is 0 Å². The summed E-state index contributed by atoms with van der Waals surface area (Å²) in [5, 5.41) is 3.23. The molecule has 0 spiro atoms. The second-order valence-electron chi connectivity index (χ2n) is 3.88. The van der Waals surface area contributed by atoms with E-state index < -0.39 is 0 Å². The predicted octanol–water partition coefficient (Wildman–Crippen LogP) is 3.24. The second kappa shape index (κ2) is 7.07. The number of methoxy groups -OCH3 is 1. The van der Waals surface area contributed by atoms with Gasteiger partial charge in [0.05, 0.1) is 7.11 Å². The first-order chi connectivity index (χ1) is 8.19. The number of hydrogen-bond acceptors (Lipinski definition) is 2. The fourth-order valence-electron chi connectivity index (χ4n) is 1.62. The maximum Gasteiger partial charge on any atom is 0.134 e. The minimum atomic E-state index is -0.235. The molecule has 0 radical (unpaired) electrons. The third-order valence-electron chi connectivity index (χ3n) is 2.62. The molecule has 0 aliphatic rings. The fraction of sp³-hybridized carbons (Fsp3) is 0.429. The summed E-state index contributed by atoms with van der Waals surface area (Å²) in [5.41, 5.74) is 1.60. The Labute approximate surface area is 102 Å². The first kappa shape index (κ1) is 13.7. The van der Waals surface area contributed by atoms with Crippen molar-refractivity contribution < 1.29 is 9.13 Å². The van der Waals surface area contributed by atoms with E-state index in [1.54, 1.807) is 12.1 Å². The second-order valence-corrected chi connectivity index (χ2v) is 3.88. The van der Waals surface area contributed by atoms with Gasteiger partial charge in [-0.25, -0.2) is 4.39 Å². The van der Waals surface area contributed by atoms with Crippen molar-refractivity contribution >= 4 is 5.57 Å². The van der Waals surface area contributed by atoms with Crippen molar-refractivity contribution in [3.8, 4) is 5.75 Å². The number of hydrogen-bond donors (Lipinski definition) is 1. The Morgan fingerprint density at radius 2 is 2.24 bits per heavy atom. The standard InChI is InChI=1S/C14H20FNO/c1-4-16-9-5-6-11(2)13-8-7-12(17-3)10-14(13)15/h6-8,10,16H,4-5,9H2,1-3H3/b11-6-. The van der Waals surface area contributed by atoms with Crippen molar-refractivity contribution in [2.75, 3.05) is 20.2 Å². The van der Waals surface area contributed by atoms with Crippen LogP contribution in [0.15, 0.2) is 24.3 Å². The summed E-state index contributed by atoms with van der Waals surface area (Å²) in [6.45, 7) is 5.88. The summed E-state index contributed by atoms with van der Waals surface area (Å²) >= 11 is 0. The first-order valence-electron chi connectivity index (χ1n) is 5.90. The number of ether oxygens (including phenoxy) is 1. The average Bonchev–Trinajstić information content (AvgIpc) is 2.34. The molecule has 0 amide bonds. The Balaban J connectivity index is 2.71. The minimum absolute atomic E-state index is 0.235.